The first-order chi connectivity index (χ1) is 9.24. The lowest BCUT2D eigenvalue weighted by molar-refractivity contribution is 0.673. The van der Waals surface area contributed by atoms with E-state index in [4.69, 9.17) is 5.73 Å². The zero-order valence-corrected chi connectivity index (χ0v) is 10.3. The van der Waals surface area contributed by atoms with Crippen molar-refractivity contribution in [2.45, 2.75) is 18.4 Å². The minimum absolute atomic E-state index is 0.298. The number of fused-ring (bicyclic) bond motifs is 1. The van der Waals surface area contributed by atoms with E-state index < -0.39 is 0 Å². The molecule has 1 saturated carbocycles. The molecule has 1 aromatic carbocycles. The molecule has 0 amide bonds. The van der Waals surface area contributed by atoms with Crippen LogP contribution in [0.1, 0.15) is 18.7 Å². The van der Waals surface area contributed by atoms with Gasteiger partial charge in [0.1, 0.15) is 5.82 Å². The van der Waals surface area contributed by atoms with Gasteiger partial charge in [-0.05, 0) is 31.0 Å². The maximum absolute atomic E-state index is 6.15. The van der Waals surface area contributed by atoms with Crippen LogP contribution in [-0.2, 0) is 5.54 Å². The van der Waals surface area contributed by atoms with Crippen LogP contribution in [0.2, 0.25) is 0 Å². The van der Waals surface area contributed by atoms with Crippen LogP contribution in [0, 0.1) is 0 Å². The van der Waals surface area contributed by atoms with E-state index in [1.165, 1.54) is 0 Å². The van der Waals surface area contributed by atoms with Crippen molar-refractivity contribution in [2.24, 2.45) is 5.73 Å². The van der Waals surface area contributed by atoms with Gasteiger partial charge in [0.15, 0.2) is 0 Å². The summed E-state index contributed by atoms with van der Waals surface area (Å²) in [6.07, 6.45) is 5.41. The Hall–Kier alpha value is -2.27. The molecule has 3 aromatic rings. The Balaban J connectivity index is 1.82. The molecular weight excluding hydrogens is 238 g/mol. The Morgan fingerprint density at radius 1 is 1.16 bits per heavy atom. The van der Waals surface area contributed by atoms with Crippen molar-refractivity contribution in [2.75, 3.05) is 0 Å². The van der Waals surface area contributed by atoms with Crippen molar-refractivity contribution in [3.8, 4) is 11.3 Å². The summed E-state index contributed by atoms with van der Waals surface area (Å²) in [7, 11) is 0. The predicted octanol–water partition coefficient (Wildman–Crippen LogP) is 1.97. The Labute approximate surface area is 109 Å². The van der Waals surface area contributed by atoms with Gasteiger partial charge in [0, 0.05) is 11.8 Å². The summed E-state index contributed by atoms with van der Waals surface area (Å²) in [6.45, 7) is 0. The highest BCUT2D eigenvalue weighted by Gasteiger charge is 2.43. The molecule has 2 aromatic heterocycles. The average Bonchev–Trinajstić information content (AvgIpc) is 3.04. The predicted molar refractivity (Wildman–Crippen MR) is 72.2 cm³/mol. The number of nitrogens with zero attached hydrogens (tertiary/aromatic N) is 3. The Morgan fingerprint density at radius 2 is 2.05 bits per heavy atom. The lowest BCUT2D eigenvalue weighted by atomic mass is 10.1. The number of aromatic amines is 1. The number of H-pyrrole nitrogens is 1. The zero-order chi connectivity index (χ0) is 12.9. The molecule has 94 valence electrons. The first-order valence-electron chi connectivity index (χ1n) is 6.31. The van der Waals surface area contributed by atoms with Crippen molar-refractivity contribution in [3.05, 3.63) is 42.6 Å². The molecular formula is C14H13N5. The molecule has 19 heavy (non-hydrogen) atoms. The van der Waals surface area contributed by atoms with E-state index in [9.17, 15) is 0 Å². The van der Waals surface area contributed by atoms with Gasteiger partial charge in [-0.2, -0.15) is 0 Å². The monoisotopic (exact) mass is 251 g/mol. The molecule has 0 unspecified atom stereocenters. The summed E-state index contributed by atoms with van der Waals surface area (Å²) < 4.78 is 0. The third-order valence-electron chi connectivity index (χ3n) is 3.61. The van der Waals surface area contributed by atoms with Crippen LogP contribution in [0.5, 0.6) is 0 Å². The van der Waals surface area contributed by atoms with Gasteiger partial charge in [0.05, 0.1) is 28.6 Å². The molecule has 5 heteroatoms. The number of rotatable bonds is 2. The number of hydrogen-bond acceptors (Lipinski definition) is 4. The lowest BCUT2D eigenvalue weighted by Gasteiger charge is -2.08. The van der Waals surface area contributed by atoms with Crippen molar-refractivity contribution >= 4 is 11.0 Å². The summed E-state index contributed by atoms with van der Waals surface area (Å²) in [5.41, 5.74) is 9.76. The van der Waals surface area contributed by atoms with E-state index in [0.717, 1.165) is 41.0 Å². The third-order valence-corrected chi connectivity index (χ3v) is 3.61. The van der Waals surface area contributed by atoms with Gasteiger partial charge in [0.25, 0.3) is 0 Å². The Morgan fingerprint density at radius 3 is 2.89 bits per heavy atom. The molecule has 1 aliphatic carbocycles. The smallest absolute Gasteiger partial charge is 0.148 e. The highest BCUT2D eigenvalue weighted by atomic mass is 15.0. The van der Waals surface area contributed by atoms with Gasteiger partial charge in [-0.25, -0.2) is 15.0 Å². The van der Waals surface area contributed by atoms with Crippen LogP contribution < -0.4 is 5.73 Å². The second-order valence-electron chi connectivity index (χ2n) is 5.06. The molecule has 0 radical (unpaired) electrons. The van der Waals surface area contributed by atoms with Crippen LogP contribution in [0.25, 0.3) is 22.3 Å². The van der Waals surface area contributed by atoms with Gasteiger partial charge in [-0.1, -0.05) is 6.07 Å². The van der Waals surface area contributed by atoms with Gasteiger partial charge >= 0.3 is 0 Å². The van der Waals surface area contributed by atoms with Crippen LogP contribution in [0.4, 0.5) is 0 Å². The van der Waals surface area contributed by atoms with E-state index in [2.05, 4.69) is 19.9 Å². The number of aromatic nitrogens is 4. The standard InChI is InChI=1S/C14H13N5/c15-14(4-5-14)13-16-6-3-10(19-13)9-1-2-11-12(7-9)18-8-17-11/h1-3,6-8H,4-5,15H2,(H,17,18). The molecule has 0 saturated heterocycles. The van der Waals surface area contributed by atoms with E-state index in [1.54, 1.807) is 12.5 Å². The molecule has 5 nitrogen and oxygen atoms in total. The Bertz CT molecular complexity index is 757. The number of benzene rings is 1. The number of hydrogen-bond donors (Lipinski definition) is 2. The summed E-state index contributed by atoms with van der Waals surface area (Å²) in [6, 6.07) is 7.96. The summed E-state index contributed by atoms with van der Waals surface area (Å²) in [4.78, 5) is 16.2. The fourth-order valence-corrected chi connectivity index (χ4v) is 2.21. The Kier molecular flexibility index (Phi) is 2.02. The average molecular weight is 251 g/mol. The van der Waals surface area contributed by atoms with E-state index in [-0.39, 0.29) is 5.54 Å². The molecule has 0 bridgehead atoms. The molecule has 0 spiro atoms. The minimum atomic E-state index is -0.298. The van der Waals surface area contributed by atoms with Crippen molar-refractivity contribution < 1.29 is 0 Å². The van der Waals surface area contributed by atoms with Crippen molar-refractivity contribution in [3.63, 3.8) is 0 Å². The highest BCUT2D eigenvalue weighted by molar-refractivity contribution is 5.80. The molecule has 3 N–H and O–H groups in total. The minimum Gasteiger partial charge on any atom is -0.345 e. The van der Waals surface area contributed by atoms with Crippen molar-refractivity contribution in [1.29, 1.82) is 0 Å². The highest BCUT2D eigenvalue weighted by Crippen LogP contribution is 2.41. The van der Waals surface area contributed by atoms with E-state index in [0.29, 0.717) is 0 Å². The second kappa shape index (κ2) is 3.61. The molecule has 0 aliphatic heterocycles. The van der Waals surface area contributed by atoms with Crippen LogP contribution in [-0.4, -0.2) is 19.9 Å². The van der Waals surface area contributed by atoms with Crippen LogP contribution in [0.15, 0.2) is 36.8 Å². The molecule has 4 rings (SSSR count). The SMILES string of the molecule is NC1(c2nccc(-c3ccc4nc[nH]c4c3)n2)CC1. The van der Waals surface area contributed by atoms with Crippen LogP contribution >= 0.6 is 0 Å². The molecule has 0 atom stereocenters. The number of nitrogens with two attached hydrogens (primary N) is 1. The lowest BCUT2D eigenvalue weighted by Crippen LogP contribution is -2.22. The fraction of sp³-hybridized carbons (Fsp3) is 0.214. The van der Waals surface area contributed by atoms with Crippen molar-refractivity contribution in [1.82, 2.24) is 19.9 Å². The van der Waals surface area contributed by atoms with E-state index >= 15 is 0 Å². The first-order valence-corrected chi connectivity index (χ1v) is 6.31. The van der Waals surface area contributed by atoms with Gasteiger partial charge < -0.3 is 10.7 Å². The topological polar surface area (TPSA) is 80.5 Å². The zero-order valence-electron chi connectivity index (χ0n) is 10.3. The first kappa shape index (κ1) is 10.6. The molecule has 1 aliphatic rings. The molecule has 2 heterocycles. The maximum atomic E-state index is 6.15. The quantitative estimate of drug-likeness (QED) is 0.729. The summed E-state index contributed by atoms with van der Waals surface area (Å²) in [5, 5.41) is 0. The van der Waals surface area contributed by atoms with Gasteiger partial charge in [0.2, 0.25) is 0 Å². The third kappa shape index (κ3) is 1.70. The largest absolute Gasteiger partial charge is 0.345 e. The van der Waals surface area contributed by atoms with Gasteiger partial charge in [-0.3, -0.25) is 0 Å². The maximum Gasteiger partial charge on any atom is 0.148 e. The number of imidazole rings is 1. The summed E-state index contributed by atoms with van der Waals surface area (Å²) >= 11 is 0. The summed E-state index contributed by atoms with van der Waals surface area (Å²) in [5.74, 6) is 0.745. The van der Waals surface area contributed by atoms with E-state index in [1.807, 2.05) is 24.3 Å². The number of nitrogens with one attached hydrogen (secondary N) is 1. The normalized spacial score (nSPS) is 16.7. The van der Waals surface area contributed by atoms with Gasteiger partial charge in [-0.15, -0.1) is 0 Å². The molecule has 1 fully saturated rings. The second-order valence-corrected chi connectivity index (χ2v) is 5.06. The fourth-order valence-electron chi connectivity index (χ4n) is 2.21. The van der Waals surface area contributed by atoms with Crippen LogP contribution in [0.3, 0.4) is 0 Å².